The molecule has 0 aromatic heterocycles. The van der Waals surface area contributed by atoms with E-state index in [1.54, 1.807) is 24.3 Å². The summed E-state index contributed by atoms with van der Waals surface area (Å²) in [5, 5.41) is 1.99. The fraction of sp³-hybridized carbons (Fsp3) is 0.233. The minimum Gasteiger partial charge on any atom is -0.423 e. The number of fused-ring (bicyclic) bond motifs is 1. The van der Waals surface area contributed by atoms with Crippen LogP contribution in [0.2, 0.25) is 10.0 Å². The summed E-state index contributed by atoms with van der Waals surface area (Å²) in [4.78, 5) is 66.8. The van der Waals surface area contributed by atoms with Gasteiger partial charge in [0.1, 0.15) is 12.3 Å². The molecule has 1 aliphatic heterocycles. The quantitative estimate of drug-likeness (QED) is 0.0828. The number of esters is 1. The van der Waals surface area contributed by atoms with Gasteiger partial charge < -0.3 is 4.74 Å². The van der Waals surface area contributed by atoms with Gasteiger partial charge in [-0.15, -0.1) is 0 Å². The highest BCUT2D eigenvalue weighted by molar-refractivity contribution is 9.12. The van der Waals surface area contributed by atoms with Gasteiger partial charge in [-0.2, -0.15) is 5.01 Å². The molecule has 1 saturated heterocycles. The number of hydrogen-bond acceptors (Lipinski definition) is 6. The number of carbonyl (C=O) groups is 5. The van der Waals surface area contributed by atoms with E-state index in [4.69, 9.17) is 27.9 Å². The number of nitrogens with zero attached hydrogens (tertiary/aromatic N) is 2. The average Bonchev–Trinajstić information content (AvgIpc) is 3.21. The highest BCUT2D eigenvalue weighted by atomic mass is 79.9. The van der Waals surface area contributed by atoms with Gasteiger partial charge in [-0.25, -0.2) is 9.80 Å². The molecule has 5 rings (SSSR count). The summed E-state index contributed by atoms with van der Waals surface area (Å²) >= 11 is 22.6. The van der Waals surface area contributed by atoms with Crippen LogP contribution in [-0.2, 0) is 9.59 Å². The van der Waals surface area contributed by atoms with Crippen molar-refractivity contribution < 1.29 is 28.7 Å². The van der Waals surface area contributed by atoms with Gasteiger partial charge in [0.15, 0.2) is 5.78 Å². The predicted molar refractivity (Wildman–Crippen MR) is 171 cm³/mol. The van der Waals surface area contributed by atoms with Gasteiger partial charge in [-0.1, -0.05) is 71.0 Å². The molecule has 0 bridgehead atoms. The minimum absolute atomic E-state index is 0.0392. The Morgan fingerprint density at radius 3 is 1.88 bits per heavy atom. The number of hydrazine groups is 1. The van der Waals surface area contributed by atoms with Crippen LogP contribution in [0.15, 0.2) is 71.2 Å². The first-order chi connectivity index (χ1) is 20.4. The van der Waals surface area contributed by atoms with Crippen LogP contribution < -0.4 is 4.74 Å². The van der Waals surface area contributed by atoms with Crippen LogP contribution in [0.5, 0.6) is 5.75 Å². The third-order valence-electron chi connectivity index (χ3n) is 7.29. The summed E-state index contributed by atoms with van der Waals surface area (Å²) in [6, 6.07) is 16.6. The number of hydrogen-bond donors (Lipinski definition) is 0. The lowest BCUT2D eigenvalue weighted by Gasteiger charge is -2.30. The summed E-state index contributed by atoms with van der Waals surface area (Å²) in [5.41, 5.74) is 0.565. The molecular weight excluding hydrogens is 795 g/mol. The first-order valence-corrected chi connectivity index (χ1v) is 16.4. The van der Waals surface area contributed by atoms with Crippen molar-refractivity contribution in [1.29, 1.82) is 0 Å². The SMILES string of the molecule is O=C(CN(C(=O)c1ccc(Cl)c(Cl)c1)N1C(=O)[C@H]2C[C@@H](Br)[C@@H](Br)C[C@H]2C1=O)c1ccc(OC(=O)c2ccc(Br)cc2)cc1. The Bertz CT molecular complexity index is 1590. The molecule has 4 atom stereocenters. The highest BCUT2D eigenvalue weighted by Crippen LogP contribution is 2.44. The zero-order valence-electron chi connectivity index (χ0n) is 22.0. The Morgan fingerprint density at radius 2 is 1.33 bits per heavy atom. The molecule has 1 aliphatic carbocycles. The number of ether oxygens (including phenoxy) is 1. The van der Waals surface area contributed by atoms with Crippen molar-refractivity contribution in [2.45, 2.75) is 22.5 Å². The minimum atomic E-state index is -0.766. The zero-order valence-corrected chi connectivity index (χ0v) is 28.3. The Morgan fingerprint density at radius 1 is 0.791 bits per heavy atom. The number of ketones is 1. The lowest BCUT2D eigenvalue weighted by Crippen LogP contribution is -2.52. The van der Waals surface area contributed by atoms with Crippen molar-refractivity contribution >= 4 is 100 Å². The Hall–Kier alpha value is -2.57. The molecule has 2 fully saturated rings. The van der Waals surface area contributed by atoms with E-state index in [9.17, 15) is 24.0 Å². The number of halogens is 5. The van der Waals surface area contributed by atoms with Crippen LogP contribution in [0.1, 0.15) is 43.9 Å². The van der Waals surface area contributed by atoms with E-state index in [1.165, 1.54) is 42.5 Å². The van der Waals surface area contributed by atoms with Crippen molar-refractivity contribution in [3.05, 3.63) is 97.9 Å². The molecule has 3 amide bonds. The van der Waals surface area contributed by atoms with Crippen LogP contribution in [0.25, 0.3) is 0 Å². The lowest BCUT2D eigenvalue weighted by atomic mass is 9.81. The molecule has 8 nitrogen and oxygen atoms in total. The van der Waals surface area contributed by atoms with E-state index < -0.39 is 47.9 Å². The first kappa shape index (κ1) is 31.8. The smallest absolute Gasteiger partial charge is 0.343 e. The maximum absolute atomic E-state index is 13.8. The topological polar surface area (TPSA) is 101 Å². The molecule has 13 heteroatoms. The summed E-state index contributed by atoms with van der Waals surface area (Å²) in [5.74, 6) is -4.05. The van der Waals surface area contributed by atoms with Crippen LogP contribution in [0, 0.1) is 11.8 Å². The van der Waals surface area contributed by atoms with Crippen molar-refractivity contribution in [2.75, 3.05) is 6.54 Å². The van der Waals surface area contributed by atoms with Crippen molar-refractivity contribution in [1.82, 2.24) is 10.0 Å². The maximum Gasteiger partial charge on any atom is 0.343 e. The van der Waals surface area contributed by atoms with Gasteiger partial charge in [-0.3, -0.25) is 19.2 Å². The molecule has 43 heavy (non-hydrogen) atoms. The van der Waals surface area contributed by atoms with Crippen LogP contribution in [-0.4, -0.2) is 55.7 Å². The largest absolute Gasteiger partial charge is 0.423 e. The Balaban J connectivity index is 1.39. The molecule has 222 valence electrons. The molecule has 0 radical (unpaired) electrons. The van der Waals surface area contributed by atoms with Crippen molar-refractivity contribution in [3.8, 4) is 5.75 Å². The molecule has 0 N–H and O–H groups in total. The standard InChI is InChI=1S/C30H21Br3Cl2N2O6/c31-18-6-1-16(2-7-18)30(42)43-19-8-3-15(4-9-19)26(38)14-36(27(39)17-5-10-24(34)25(35)11-17)37-28(40)20-12-22(32)23(33)13-21(20)29(37)41/h1-11,20-23H,12-14H2/t20-,21+,22+,23-. The summed E-state index contributed by atoms with van der Waals surface area (Å²) in [6.07, 6.45) is 0.787. The fourth-order valence-corrected chi connectivity index (χ4v) is 6.81. The van der Waals surface area contributed by atoms with Crippen LogP contribution in [0.4, 0.5) is 0 Å². The molecule has 3 aromatic carbocycles. The number of alkyl halides is 2. The van der Waals surface area contributed by atoms with E-state index in [2.05, 4.69) is 47.8 Å². The van der Waals surface area contributed by atoms with Gasteiger partial charge in [0.25, 0.3) is 17.7 Å². The summed E-state index contributed by atoms with van der Waals surface area (Å²) in [7, 11) is 0. The normalized spacial score (nSPS) is 21.4. The van der Waals surface area contributed by atoms with Crippen molar-refractivity contribution in [2.24, 2.45) is 11.8 Å². The Kier molecular flexibility index (Phi) is 9.77. The zero-order chi connectivity index (χ0) is 31.0. The monoisotopic (exact) mass is 812 g/mol. The van der Waals surface area contributed by atoms with E-state index in [1.807, 2.05) is 0 Å². The van der Waals surface area contributed by atoms with Crippen LogP contribution in [0.3, 0.4) is 0 Å². The maximum atomic E-state index is 13.8. The molecular formula is C30H21Br3Cl2N2O6. The molecule has 1 heterocycles. The number of rotatable bonds is 7. The summed E-state index contributed by atoms with van der Waals surface area (Å²) in [6.45, 7) is -0.608. The van der Waals surface area contributed by atoms with Gasteiger partial charge in [0.2, 0.25) is 0 Å². The molecule has 1 saturated carbocycles. The second-order valence-electron chi connectivity index (χ2n) is 10.0. The number of imide groups is 1. The number of benzene rings is 3. The van der Waals surface area contributed by atoms with Gasteiger partial charge in [0.05, 0.1) is 27.4 Å². The molecule has 0 spiro atoms. The molecule has 0 unspecified atom stereocenters. The first-order valence-electron chi connectivity index (χ1n) is 13.0. The third kappa shape index (κ3) is 6.76. The second-order valence-corrected chi connectivity index (χ2v) is 14.1. The van der Waals surface area contributed by atoms with Gasteiger partial charge in [-0.05, 0) is 79.6 Å². The van der Waals surface area contributed by atoms with Crippen LogP contribution >= 0.6 is 71.0 Å². The van der Waals surface area contributed by atoms with E-state index in [0.29, 0.717) is 18.4 Å². The van der Waals surface area contributed by atoms with Gasteiger partial charge >= 0.3 is 5.97 Å². The summed E-state index contributed by atoms with van der Waals surface area (Å²) < 4.78 is 6.21. The van der Waals surface area contributed by atoms with E-state index >= 15 is 0 Å². The average molecular weight is 816 g/mol. The highest BCUT2D eigenvalue weighted by Gasteiger charge is 2.54. The van der Waals surface area contributed by atoms with Crippen molar-refractivity contribution in [3.63, 3.8) is 0 Å². The molecule has 2 aliphatic rings. The third-order valence-corrected chi connectivity index (χ3v) is 11.3. The van der Waals surface area contributed by atoms with E-state index in [0.717, 1.165) is 14.5 Å². The predicted octanol–water partition coefficient (Wildman–Crippen LogP) is 7.14. The Labute approximate surface area is 282 Å². The lowest BCUT2D eigenvalue weighted by molar-refractivity contribution is -0.154. The van der Waals surface area contributed by atoms with Gasteiger partial charge in [0, 0.05) is 25.3 Å². The molecule has 3 aromatic rings. The number of amides is 3. The van der Waals surface area contributed by atoms with E-state index in [-0.39, 0.29) is 36.6 Å². The number of carbonyl (C=O) groups excluding carboxylic acids is 5. The number of Topliss-reactive ketones (excluding diaryl/α,β-unsaturated/α-hetero) is 1. The second kappa shape index (κ2) is 13.2. The fourth-order valence-electron chi connectivity index (χ4n) is 5.02.